The Morgan fingerprint density at radius 2 is 1.85 bits per heavy atom. The Labute approximate surface area is 127 Å². The number of carbonyl (C=O) groups excluding carboxylic acids is 1. The van der Waals surface area contributed by atoms with Gasteiger partial charge in [-0.05, 0) is 35.2 Å². The summed E-state index contributed by atoms with van der Waals surface area (Å²) in [4.78, 5) is 25.2. The zero-order chi connectivity index (χ0) is 13.9. The van der Waals surface area contributed by atoms with Crippen LogP contribution < -0.4 is 4.90 Å². The first-order valence-corrected chi connectivity index (χ1v) is 8.04. The standard InChI is InChI=1S/C14H19BrN4O/c15-12-9-16-14(17-10-12)19-6-2-5-18(7-8-19)13(20)11-3-1-4-11/h9-11H,1-8H2. The number of nitrogens with zero attached hydrogens (tertiary/aromatic N) is 4. The van der Waals surface area contributed by atoms with Gasteiger partial charge in [-0.15, -0.1) is 0 Å². The molecule has 0 spiro atoms. The molecule has 3 rings (SSSR count). The van der Waals surface area contributed by atoms with Crippen molar-refractivity contribution >= 4 is 27.8 Å². The Morgan fingerprint density at radius 1 is 1.10 bits per heavy atom. The zero-order valence-electron chi connectivity index (χ0n) is 11.5. The molecule has 2 aliphatic rings. The molecular formula is C14H19BrN4O. The molecule has 1 aliphatic heterocycles. The van der Waals surface area contributed by atoms with Gasteiger partial charge in [-0.2, -0.15) is 0 Å². The summed E-state index contributed by atoms with van der Waals surface area (Å²) in [6.07, 6.45) is 7.89. The van der Waals surface area contributed by atoms with Gasteiger partial charge < -0.3 is 9.80 Å². The minimum absolute atomic E-state index is 0.297. The quantitative estimate of drug-likeness (QED) is 0.828. The first kappa shape index (κ1) is 13.8. The summed E-state index contributed by atoms with van der Waals surface area (Å²) in [7, 11) is 0. The van der Waals surface area contributed by atoms with E-state index in [1.807, 2.05) is 4.90 Å². The SMILES string of the molecule is O=C(C1CCC1)N1CCCN(c2ncc(Br)cn2)CC1. The van der Waals surface area contributed by atoms with Gasteiger partial charge in [0.05, 0.1) is 4.47 Å². The van der Waals surface area contributed by atoms with Crippen molar-refractivity contribution in [2.75, 3.05) is 31.1 Å². The lowest BCUT2D eigenvalue weighted by atomic mass is 9.84. The molecule has 2 fully saturated rings. The van der Waals surface area contributed by atoms with Crippen molar-refractivity contribution in [2.45, 2.75) is 25.7 Å². The van der Waals surface area contributed by atoms with Crippen LogP contribution in [0.15, 0.2) is 16.9 Å². The van der Waals surface area contributed by atoms with E-state index in [-0.39, 0.29) is 0 Å². The number of rotatable bonds is 2. The highest BCUT2D eigenvalue weighted by Gasteiger charge is 2.30. The number of carbonyl (C=O) groups is 1. The molecule has 1 aliphatic carbocycles. The monoisotopic (exact) mass is 338 g/mol. The maximum atomic E-state index is 12.3. The molecule has 108 valence electrons. The Balaban J connectivity index is 1.61. The summed E-state index contributed by atoms with van der Waals surface area (Å²) in [6.45, 7) is 3.38. The van der Waals surface area contributed by atoms with Crippen LogP contribution in [0.3, 0.4) is 0 Å². The number of aromatic nitrogens is 2. The molecule has 20 heavy (non-hydrogen) atoms. The summed E-state index contributed by atoms with van der Waals surface area (Å²) in [5, 5.41) is 0. The van der Waals surface area contributed by atoms with Gasteiger partial charge in [0.2, 0.25) is 11.9 Å². The van der Waals surface area contributed by atoms with Crippen molar-refractivity contribution in [3.8, 4) is 0 Å². The van der Waals surface area contributed by atoms with Gasteiger partial charge in [0.25, 0.3) is 0 Å². The van der Waals surface area contributed by atoms with Crippen LogP contribution in [0, 0.1) is 5.92 Å². The minimum atomic E-state index is 0.297. The molecule has 0 aromatic carbocycles. The Kier molecular flexibility index (Phi) is 4.19. The van der Waals surface area contributed by atoms with E-state index >= 15 is 0 Å². The fourth-order valence-corrected chi connectivity index (χ4v) is 2.92. The van der Waals surface area contributed by atoms with Gasteiger partial charge in [-0.25, -0.2) is 9.97 Å². The average molecular weight is 339 g/mol. The molecule has 0 bridgehead atoms. The van der Waals surface area contributed by atoms with Crippen molar-refractivity contribution in [3.05, 3.63) is 16.9 Å². The van der Waals surface area contributed by atoms with Gasteiger partial charge in [-0.3, -0.25) is 4.79 Å². The first-order valence-electron chi connectivity index (χ1n) is 7.25. The summed E-state index contributed by atoms with van der Waals surface area (Å²) in [5.41, 5.74) is 0. The Bertz CT molecular complexity index is 475. The second kappa shape index (κ2) is 6.08. The van der Waals surface area contributed by atoms with Crippen LogP contribution in [0.5, 0.6) is 0 Å². The lowest BCUT2D eigenvalue weighted by Gasteiger charge is -2.31. The van der Waals surface area contributed by atoms with Crippen molar-refractivity contribution < 1.29 is 4.79 Å². The van der Waals surface area contributed by atoms with Crippen molar-refractivity contribution in [1.29, 1.82) is 0 Å². The van der Waals surface area contributed by atoms with Gasteiger partial charge in [0, 0.05) is 44.5 Å². The number of anilines is 1. The average Bonchev–Trinajstić information content (AvgIpc) is 2.63. The number of hydrogen-bond acceptors (Lipinski definition) is 4. The second-order valence-corrected chi connectivity index (χ2v) is 6.41. The predicted molar refractivity (Wildman–Crippen MR) is 80.5 cm³/mol. The van der Waals surface area contributed by atoms with E-state index < -0.39 is 0 Å². The number of amides is 1. The number of hydrogen-bond donors (Lipinski definition) is 0. The van der Waals surface area contributed by atoms with E-state index in [9.17, 15) is 4.79 Å². The van der Waals surface area contributed by atoms with E-state index in [0.29, 0.717) is 11.8 Å². The molecule has 0 atom stereocenters. The van der Waals surface area contributed by atoms with Crippen molar-refractivity contribution in [2.24, 2.45) is 5.92 Å². The molecular weight excluding hydrogens is 320 g/mol. The van der Waals surface area contributed by atoms with E-state index in [0.717, 1.165) is 55.9 Å². The van der Waals surface area contributed by atoms with Crippen LogP contribution in [0.25, 0.3) is 0 Å². The van der Waals surface area contributed by atoms with Crippen LogP contribution in [-0.4, -0.2) is 47.0 Å². The van der Waals surface area contributed by atoms with Gasteiger partial charge >= 0.3 is 0 Å². The molecule has 5 nitrogen and oxygen atoms in total. The second-order valence-electron chi connectivity index (χ2n) is 5.49. The van der Waals surface area contributed by atoms with Crippen LogP contribution in [0.2, 0.25) is 0 Å². The summed E-state index contributed by atoms with van der Waals surface area (Å²) >= 11 is 3.35. The molecule has 6 heteroatoms. The smallest absolute Gasteiger partial charge is 0.225 e. The van der Waals surface area contributed by atoms with Crippen molar-refractivity contribution in [3.63, 3.8) is 0 Å². The molecule has 1 saturated heterocycles. The first-order chi connectivity index (χ1) is 9.74. The molecule has 2 heterocycles. The van der Waals surface area contributed by atoms with Gasteiger partial charge in [0.15, 0.2) is 0 Å². The maximum absolute atomic E-state index is 12.3. The number of halogens is 1. The molecule has 1 aromatic rings. The Hall–Kier alpha value is -1.17. The lowest BCUT2D eigenvalue weighted by Crippen LogP contribution is -2.41. The third-order valence-electron chi connectivity index (χ3n) is 4.15. The van der Waals surface area contributed by atoms with Crippen LogP contribution in [0.1, 0.15) is 25.7 Å². The van der Waals surface area contributed by atoms with E-state index in [1.165, 1.54) is 6.42 Å². The fraction of sp³-hybridized carbons (Fsp3) is 0.643. The highest BCUT2D eigenvalue weighted by molar-refractivity contribution is 9.10. The largest absolute Gasteiger partial charge is 0.341 e. The highest BCUT2D eigenvalue weighted by Crippen LogP contribution is 2.28. The van der Waals surface area contributed by atoms with Crippen molar-refractivity contribution in [1.82, 2.24) is 14.9 Å². The van der Waals surface area contributed by atoms with Gasteiger partial charge in [0.1, 0.15) is 0 Å². The Morgan fingerprint density at radius 3 is 2.50 bits per heavy atom. The van der Waals surface area contributed by atoms with Crippen LogP contribution in [-0.2, 0) is 4.79 Å². The molecule has 1 saturated carbocycles. The van der Waals surface area contributed by atoms with E-state index in [1.54, 1.807) is 12.4 Å². The zero-order valence-corrected chi connectivity index (χ0v) is 13.0. The highest BCUT2D eigenvalue weighted by atomic mass is 79.9. The third-order valence-corrected chi connectivity index (χ3v) is 4.56. The van der Waals surface area contributed by atoms with Crippen LogP contribution in [0.4, 0.5) is 5.95 Å². The van der Waals surface area contributed by atoms with Gasteiger partial charge in [-0.1, -0.05) is 6.42 Å². The molecule has 0 radical (unpaired) electrons. The molecule has 1 aromatic heterocycles. The maximum Gasteiger partial charge on any atom is 0.225 e. The predicted octanol–water partition coefficient (Wildman–Crippen LogP) is 2.08. The summed E-state index contributed by atoms with van der Waals surface area (Å²) < 4.78 is 0.887. The topological polar surface area (TPSA) is 49.3 Å². The molecule has 0 unspecified atom stereocenters. The third kappa shape index (κ3) is 2.95. The fourth-order valence-electron chi connectivity index (χ4n) is 2.72. The van der Waals surface area contributed by atoms with E-state index in [4.69, 9.17) is 0 Å². The lowest BCUT2D eigenvalue weighted by molar-refractivity contribution is -0.137. The minimum Gasteiger partial charge on any atom is -0.341 e. The summed E-state index contributed by atoms with van der Waals surface area (Å²) in [6, 6.07) is 0. The molecule has 0 N–H and O–H groups in total. The molecule has 1 amide bonds. The van der Waals surface area contributed by atoms with E-state index in [2.05, 4.69) is 30.8 Å². The summed E-state index contributed by atoms with van der Waals surface area (Å²) in [5.74, 6) is 1.41. The normalized spacial score (nSPS) is 20.4. The van der Waals surface area contributed by atoms with Crippen LogP contribution >= 0.6 is 15.9 Å².